The van der Waals surface area contributed by atoms with E-state index in [2.05, 4.69) is 5.32 Å². The fourth-order valence-corrected chi connectivity index (χ4v) is 2.93. The molecule has 1 atom stereocenters. The molecule has 0 saturated carbocycles. The van der Waals surface area contributed by atoms with Gasteiger partial charge in [-0.2, -0.15) is 0 Å². The fourth-order valence-electron chi connectivity index (χ4n) is 1.84. The average molecular weight is 259 g/mol. The van der Waals surface area contributed by atoms with Crippen LogP contribution in [0.1, 0.15) is 22.5 Å². The zero-order valence-electron chi connectivity index (χ0n) is 8.48. The van der Waals surface area contributed by atoms with E-state index in [0.717, 1.165) is 12.8 Å². The highest BCUT2D eigenvalue weighted by Gasteiger charge is 2.30. The standard InChI is InChI=1S/C10H11ClN2O2S/c11-7-3-5-16-9(7)10(15)13-4-1-2-8(13)12-6-14/h3,5-6,8H,1-2,4H2,(H,12,14). The third-order valence-electron chi connectivity index (χ3n) is 2.59. The van der Waals surface area contributed by atoms with Crippen molar-refractivity contribution in [3.63, 3.8) is 0 Å². The highest BCUT2D eigenvalue weighted by Crippen LogP contribution is 2.26. The lowest BCUT2D eigenvalue weighted by molar-refractivity contribution is -0.110. The van der Waals surface area contributed by atoms with Gasteiger partial charge in [-0.05, 0) is 24.3 Å². The van der Waals surface area contributed by atoms with Gasteiger partial charge in [-0.1, -0.05) is 11.6 Å². The summed E-state index contributed by atoms with van der Waals surface area (Å²) in [4.78, 5) is 24.7. The summed E-state index contributed by atoms with van der Waals surface area (Å²) in [6, 6.07) is 1.71. The Morgan fingerprint density at radius 3 is 3.12 bits per heavy atom. The molecular formula is C10H11ClN2O2S. The lowest BCUT2D eigenvalue weighted by atomic mass is 10.3. The highest BCUT2D eigenvalue weighted by molar-refractivity contribution is 7.12. The Balaban J connectivity index is 2.15. The molecule has 0 bridgehead atoms. The number of halogens is 1. The Hall–Kier alpha value is -1.07. The number of thiophene rings is 1. The van der Waals surface area contributed by atoms with Crippen molar-refractivity contribution in [3.8, 4) is 0 Å². The van der Waals surface area contributed by atoms with Crippen LogP contribution in [0.25, 0.3) is 0 Å². The number of carbonyl (C=O) groups is 2. The summed E-state index contributed by atoms with van der Waals surface area (Å²) >= 11 is 7.24. The van der Waals surface area contributed by atoms with Gasteiger partial charge < -0.3 is 10.2 Å². The highest BCUT2D eigenvalue weighted by atomic mass is 35.5. The van der Waals surface area contributed by atoms with E-state index in [1.54, 1.807) is 16.3 Å². The van der Waals surface area contributed by atoms with Crippen molar-refractivity contribution in [2.75, 3.05) is 6.54 Å². The lowest BCUT2D eigenvalue weighted by Gasteiger charge is -2.23. The lowest BCUT2D eigenvalue weighted by Crippen LogP contribution is -2.43. The van der Waals surface area contributed by atoms with Crippen molar-refractivity contribution in [1.82, 2.24) is 10.2 Å². The first-order chi connectivity index (χ1) is 7.74. The average Bonchev–Trinajstić information content (AvgIpc) is 2.87. The molecule has 1 aliphatic heterocycles. The Morgan fingerprint density at radius 2 is 2.50 bits per heavy atom. The molecule has 1 N–H and O–H groups in total. The van der Waals surface area contributed by atoms with Gasteiger partial charge in [0.25, 0.3) is 5.91 Å². The van der Waals surface area contributed by atoms with E-state index in [4.69, 9.17) is 11.6 Å². The van der Waals surface area contributed by atoms with Gasteiger partial charge in [-0.15, -0.1) is 11.3 Å². The van der Waals surface area contributed by atoms with E-state index in [-0.39, 0.29) is 12.1 Å². The van der Waals surface area contributed by atoms with Gasteiger partial charge in [0.15, 0.2) is 0 Å². The van der Waals surface area contributed by atoms with Gasteiger partial charge in [0.2, 0.25) is 6.41 Å². The number of hydrogen-bond donors (Lipinski definition) is 1. The van der Waals surface area contributed by atoms with E-state index in [1.165, 1.54) is 11.3 Å². The number of rotatable bonds is 3. The zero-order chi connectivity index (χ0) is 11.5. The zero-order valence-corrected chi connectivity index (χ0v) is 10.1. The molecule has 1 aliphatic rings. The quantitative estimate of drug-likeness (QED) is 0.839. The maximum absolute atomic E-state index is 12.1. The van der Waals surface area contributed by atoms with Crippen LogP contribution >= 0.6 is 22.9 Å². The molecule has 2 rings (SSSR count). The Morgan fingerprint density at radius 1 is 1.69 bits per heavy atom. The van der Waals surface area contributed by atoms with Crippen LogP contribution in [0, 0.1) is 0 Å². The Labute approximate surface area is 102 Å². The van der Waals surface area contributed by atoms with Gasteiger partial charge in [0.05, 0.1) is 5.02 Å². The minimum Gasteiger partial charge on any atom is -0.338 e. The van der Waals surface area contributed by atoms with Gasteiger partial charge in [-0.3, -0.25) is 9.59 Å². The number of hydrogen-bond acceptors (Lipinski definition) is 3. The number of likely N-dealkylation sites (tertiary alicyclic amines) is 1. The maximum Gasteiger partial charge on any atom is 0.267 e. The van der Waals surface area contributed by atoms with Crippen LogP contribution in [0.5, 0.6) is 0 Å². The van der Waals surface area contributed by atoms with Crippen molar-refractivity contribution >= 4 is 35.3 Å². The van der Waals surface area contributed by atoms with Crippen molar-refractivity contribution in [1.29, 1.82) is 0 Å². The monoisotopic (exact) mass is 258 g/mol. The molecule has 0 aliphatic carbocycles. The van der Waals surface area contributed by atoms with E-state index < -0.39 is 0 Å². The molecule has 2 amide bonds. The summed E-state index contributed by atoms with van der Waals surface area (Å²) in [5, 5.41) is 4.91. The molecule has 1 unspecified atom stereocenters. The SMILES string of the molecule is O=CNC1CCCN1C(=O)c1sccc1Cl. The molecule has 2 heterocycles. The minimum absolute atomic E-state index is 0.100. The van der Waals surface area contributed by atoms with E-state index in [9.17, 15) is 9.59 Å². The van der Waals surface area contributed by atoms with Crippen molar-refractivity contribution < 1.29 is 9.59 Å². The molecule has 1 aromatic heterocycles. The van der Waals surface area contributed by atoms with E-state index in [0.29, 0.717) is 22.9 Å². The topological polar surface area (TPSA) is 49.4 Å². The smallest absolute Gasteiger partial charge is 0.267 e. The number of amides is 2. The fraction of sp³-hybridized carbons (Fsp3) is 0.400. The van der Waals surface area contributed by atoms with Crippen LogP contribution in [0.3, 0.4) is 0 Å². The van der Waals surface area contributed by atoms with Crippen LogP contribution in [0.15, 0.2) is 11.4 Å². The van der Waals surface area contributed by atoms with Gasteiger partial charge in [0.1, 0.15) is 11.0 Å². The predicted molar refractivity (Wildman–Crippen MR) is 62.6 cm³/mol. The van der Waals surface area contributed by atoms with E-state index >= 15 is 0 Å². The summed E-state index contributed by atoms with van der Waals surface area (Å²) in [5.41, 5.74) is 0. The summed E-state index contributed by atoms with van der Waals surface area (Å²) < 4.78 is 0. The van der Waals surface area contributed by atoms with Gasteiger partial charge >= 0.3 is 0 Å². The first-order valence-corrected chi connectivity index (χ1v) is 6.23. The first-order valence-electron chi connectivity index (χ1n) is 4.97. The molecule has 1 saturated heterocycles. The van der Waals surface area contributed by atoms with Crippen LogP contribution < -0.4 is 5.32 Å². The largest absolute Gasteiger partial charge is 0.338 e. The van der Waals surface area contributed by atoms with Crippen molar-refractivity contribution in [2.45, 2.75) is 19.0 Å². The normalized spacial score (nSPS) is 19.8. The minimum atomic E-state index is -0.192. The molecule has 86 valence electrons. The molecule has 0 aromatic carbocycles. The number of nitrogens with one attached hydrogen (secondary N) is 1. The van der Waals surface area contributed by atoms with Crippen LogP contribution in [0.4, 0.5) is 0 Å². The molecule has 0 radical (unpaired) electrons. The second-order valence-electron chi connectivity index (χ2n) is 3.54. The van der Waals surface area contributed by atoms with E-state index in [1.807, 2.05) is 0 Å². The molecule has 6 heteroatoms. The molecule has 16 heavy (non-hydrogen) atoms. The molecule has 1 aromatic rings. The van der Waals surface area contributed by atoms with Gasteiger partial charge in [0, 0.05) is 6.54 Å². The first kappa shape index (κ1) is 11.4. The van der Waals surface area contributed by atoms with Crippen LogP contribution in [0.2, 0.25) is 5.02 Å². The van der Waals surface area contributed by atoms with Crippen molar-refractivity contribution in [2.24, 2.45) is 0 Å². The third-order valence-corrected chi connectivity index (χ3v) is 3.91. The van der Waals surface area contributed by atoms with Gasteiger partial charge in [-0.25, -0.2) is 0 Å². The van der Waals surface area contributed by atoms with Crippen molar-refractivity contribution in [3.05, 3.63) is 21.3 Å². The number of nitrogens with zero attached hydrogens (tertiary/aromatic N) is 1. The van der Waals surface area contributed by atoms with Crippen LogP contribution in [-0.2, 0) is 4.79 Å². The molecule has 0 spiro atoms. The molecule has 4 nitrogen and oxygen atoms in total. The Kier molecular flexibility index (Phi) is 3.46. The summed E-state index contributed by atoms with van der Waals surface area (Å²) in [5.74, 6) is -0.100. The third kappa shape index (κ3) is 2.05. The molecular weight excluding hydrogens is 248 g/mol. The second-order valence-corrected chi connectivity index (χ2v) is 4.86. The predicted octanol–water partition coefficient (Wildman–Crippen LogP) is 1.71. The summed E-state index contributed by atoms with van der Waals surface area (Å²) in [6.07, 6.45) is 2.14. The summed E-state index contributed by atoms with van der Waals surface area (Å²) in [6.45, 7) is 0.665. The molecule has 1 fully saturated rings. The maximum atomic E-state index is 12.1. The number of carbonyl (C=O) groups excluding carboxylic acids is 2. The Bertz CT molecular complexity index is 407. The van der Waals surface area contributed by atoms with Crippen LogP contribution in [-0.4, -0.2) is 29.9 Å². The second kappa shape index (κ2) is 4.84. The summed E-state index contributed by atoms with van der Waals surface area (Å²) in [7, 11) is 0.